The maximum atomic E-state index is 12.9. The van der Waals surface area contributed by atoms with Crippen LogP contribution in [-0.2, 0) is 4.79 Å². The molecule has 0 unspecified atom stereocenters. The number of nitrogens with one attached hydrogen (secondary N) is 1. The van der Waals surface area contributed by atoms with Crippen LogP contribution in [-0.4, -0.2) is 34.7 Å². The highest BCUT2D eigenvalue weighted by Crippen LogP contribution is 2.24. The summed E-state index contributed by atoms with van der Waals surface area (Å²) in [7, 11) is 0. The predicted octanol–water partition coefficient (Wildman–Crippen LogP) is 5.75. The van der Waals surface area contributed by atoms with E-state index in [1.54, 1.807) is 6.07 Å². The Kier molecular flexibility index (Phi) is 9.38. The standard InChI is InChI=1S/C25H29ClN4OS/c1-3-15-30(16-4-2)22-17-21(26)27-25(28-22)32-18-23(31)29-24(19-11-7-5-8-12-19)20-13-9-6-10-14-20/h5-14,17,24H,3-4,15-16,18H2,1-2H3,(H,29,31). The summed E-state index contributed by atoms with van der Waals surface area (Å²) >= 11 is 7.56. The lowest BCUT2D eigenvalue weighted by Gasteiger charge is -2.23. The molecule has 0 radical (unpaired) electrons. The normalized spacial score (nSPS) is 10.9. The fraction of sp³-hybridized carbons (Fsp3) is 0.320. The van der Waals surface area contributed by atoms with Crippen LogP contribution in [0.3, 0.4) is 0 Å². The van der Waals surface area contributed by atoms with Gasteiger partial charge < -0.3 is 10.2 Å². The van der Waals surface area contributed by atoms with E-state index in [9.17, 15) is 4.79 Å². The maximum Gasteiger partial charge on any atom is 0.231 e. The monoisotopic (exact) mass is 468 g/mol. The molecule has 2 aromatic carbocycles. The quantitative estimate of drug-likeness (QED) is 0.220. The third-order valence-electron chi connectivity index (χ3n) is 4.88. The Balaban J connectivity index is 1.70. The van der Waals surface area contributed by atoms with E-state index in [4.69, 9.17) is 11.6 Å². The maximum absolute atomic E-state index is 12.9. The van der Waals surface area contributed by atoms with Crippen molar-refractivity contribution in [1.82, 2.24) is 15.3 Å². The number of benzene rings is 2. The van der Waals surface area contributed by atoms with E-state index in [0.29, 0.717) is 10.3 Å². The zero-order valence-corrected chi connectivity index (χ0v) is 20.1. The molecule has 0 saturated heterocycles. The largest absolute Gasteiger partial charge is 0.356 e. The van der Waals surface area contributed by atoms with Gasteiger partial charge in [-0.25, -0.2) is 9.97 Å². The van der Waals surface area contributed by atoms with E-state index >= 15 is 0 Å². The third kappa shape index (κ3) is 6.97. The predicted molar refractivity (Wildman–Crippen MR) is 133 cm³/mol. The first-order chi connectivity index (χ1) is 15.6. The summed E-state index contributed by atoms with van der Waals surface area (Å²) in [6.45, 7) is 6.09. The number of rotatable bonds is 11. The van der Waals surface area contributed by atoms with E-state index in [0.717, 1.165) is 42.9 Å². The number of aromatic nitrogens is 2. The summed E-state index contributed by atoms with van der Waals surface area (Å²) in [4.78, 5) is 24.0. The first kappa shape index (κ1) is 24.1. The van der Waals surface area contributed by atoms with E-state index in [-0.39, 0.29) is 17.7 Å². The highest BCUT2D eigenvalue weighted by molar-refractivity contribution is 7.99. The smallest absolute Gasteiger partial charge is 0.231 e. The number of amides is 1. The Morgan fingerprint density at radius 3 is 2.06 bits per heavy atom. The molecule has 5 nitrogen and oxygen atoms in total. The van der Waals surface area contributed by atoms with Crippen LogP contribution in [0.2, 0.25) is 5.15 Å². The first-order valence-corrected chi connectivity index (χ1v) is 12.3. The van der Waals surface area contributed by atoms with Crippen molar-refractivity contribution in [1.29, 1.82) is 0 Å². The average molecular weight is 469 g/mol. The molecule has 0 saturated carbocycles. The molecule has 1 heterocycles. The molecular formula is C25H29ClN4OS. The van der Waals surface area contributed by atoms with Crippen molar-refractivity contribution in [2.24, 2.45) is 0 Å². The van der Waals surface area contributed by atoms with Crippen LogP contribution < -0.4 is 10.2 Å². The first-order valence-electron chi connectivity index (χ1n) is 10.9. The molecule has 0 fully saturated rings. The van der Waals surface area contributed by atoms with Gasteiger partial charge in [0.05, 0.1) is 11.8 Å². The number of anilines is 1. The van der Waals surface area contributed by atoms with Crippen LogP contribution in [0.25, 0.3) is 0 Å². The minimum atomic E-state index is -0.217. The highest BCUT2D eigenvalue weighted by Gasteiger charge is 2.18. The number of hydrogen-bond donors (Lipinski definition) is 1. The van der Waals surface area contributed by atoms with Crippen molar-refractivity contribution in [2.45, 2.75) is 37.9 Å². The van der Waals surface area contributed by atoms with Crippen LogP contribution >= 0.6 is 23.4 Å². The summed E-state index contributed by atoms with van der Waals surface area (Å²) < 4.78 is 0. The molecule has 1 amide bonds. The van der Waals surface area contributed by atoms with Gasteiger partial charge in [0, 0.05) is 19.2 Å². The molecule has 0 aliphatic carbocycles. The lowest BCUT2D eigenvalue weighted by Crippen LogP contribution is -2.30. The van der Waals surface area contributed by atoms with E-state index in [1.807, 2.05) is 60.7 Å². The molecule has 0 bridgehead atoms. The Morgan fingerprint density at radius 2 is 1.53 bits per heavy atom. The summed E-state index contributed by atoms with van der Waals surface area (Å²) in [6.07, 6.45) is 2.04. The second kappa shape index (κ2) is 12.5. The zero-order chi connectivity index (χ0) is 22.8. The Hall–Kier alpha value is -2.57. The number of thioether (sulfide) groups is 1. The minimum Gasteiger partial charge on any atom is -0.356 e. The van der Waals surface area contributed by atoms with Gasteiger partial charge in [0.15, 0.2) is 5.16 Å². The summed E-state index contributed by atoms with van der Waals surface area (Å²) in [5, 5.41) is 4.05. The van der Waals surface area contributed by atoms with Gasteiger partial charge >= 0.3 is 0 Å². The van der Waals surface area contributed by atoms with Crippen LogP contribution in [0.4, 0.5) is 5.82 Å². The number of hydrogen-bond acceptors (Lipinski definition) is 5. The van der Waals surface area contributed by atoms with Gasteiger partial charge in [-0.1, -0.05) is 97.9 Å². The molecule has 1 N–H and O–H groups in total. The van der Waals surface area contributed by atoms with Crippen molar-refractivity contribution in [3.05, 3.63) is 83.0 Å². The van der Waals surface area contributed by atoms with Gasteiger partial charge in [-0.2, -0.15) is 0 Å². The summed E-state index contributed by atoms with van der Waals surface area (Å²) in [5.74, 6) is 0.928. The van der Waals surface area contributed by atoms with Crippen molar-refractivity contribution in [3.63, 3.8) is 0 Å². The van der Waals surface area contributed by atoms with Crippen LogP contribution in [0, 0.1) is 0 Å². The topological polar surface area (TPSA) is 58.1 Å². The molecule has 0 spiro atoms. The van der Waals surface area contributed by atoms with E-state index in [1.165, 1.54) is 11.8 Å². The molecule has 32 heavy (non-hydrogen) atoms. The van der Waals surface area contributed by atoms with Crippen LogP contribution in [0.15, 0.2) is 71.9 Å². The summed E-state index contributed by atoms with van der Waals surface area (Å²) in [6, 6.07) is 21.5. The van der Waals surface area contributed by atoms with Gasteiger partial charge in [0.1, 0.15) is 11.0 Å². The molecule has 1 aromatic heterocycles. The van der Waals surface area contributed by atoms with Gasteiger partial charge in [-0.15, -0.1) is 0 Å². The second-order valence-corrected chi connectivity index (χ2v) is 8.76. The lowest BCUT2D eigenvalue weighted by atomic mass is 9.99. The minimum absolute atomic E-state index is 0.0863. The van der Waals surface area contributed by atoms with Gasteiger partial charge in [0.2, 0.25) is 5.91 Å². The fourth-order valence-corrected chi connectivity index (χ4v) is 4.37. The van der Waals surface area contributed by atoms with Crippen LogP contribution in [0.5, 0.6) is 0 Å². The molecule has 3 aromatic rings. The number of halogens is 1. The summed E-state index contributed by atoms with van der Waals surface area (Å²) in [5.41, 5.74) is 2.07. The molecular weight excluding hydrogens is 440 g/mol. The molecule has 7 heteroatoms. The fourth-order valence-electron chi connectivity index (χ4n) is 3.48. The molecule has 3 rings (SSSR count). The van der Waals surface area contributed by atoms with Crippen molar-refractivity contribution in [2.75, 3.05) is 23.7 Å². The number of carbonyl (C=O) groups excluding carboxylic acids is 1. The average Bonchev–Trinajstić information content (AvgIpc) is 2.82. The Labute approximate surface area is 199 Å². The second-order valence-electron chi connectivity index (χ2n) is 7.43. The van der Waals surface area contributed by atoms with Gasteiger partial charge in [0.25, 0.3) is 0 Å². The number of carbonyl (C=O) groups is 1. The van der Waals surface area contributed by atoms with E-state index < -0.39 is 0 Å². The zero-order valence-electron chi connectivity index (χ0n) is 18.5. The SMILES string of the molecule is CCCN(CCC)c1cc(Cl)nc(SCC(=O)NC(c2ccccc2)c2ccccc2)n1. The Bertz CT molecular complexity index is 942. The molecule has 0 aliphatic heterocycles. The van der Waals surface area contributed by atoms with Crippen molar-refractivity contribution < 1.29 is 4.79 Å². The molecule has 0 aliphatic rings. The van der Waals surface area contributed by atoms with Gasteiger partial charge in [-0.3, -0.25) is 4.79 Å². The third-order valence-corrected chi connectivity index (χ3v) is 5.92. The van der Waals surface area contributed by atoms with E-state index in [2.05, 4.69) is 34.0 Å². The highest BCUT2D eigenvalue weighted by atomic mass is 35.5. The van der Waals surface area contributed by atoms with Crippen molar-refractivity contribution in [3.8, 4) is 0 Å². The molecule has 168 valence electrons. The number of nitrogens with zero attached hydrogens (tertiary/aromatic N) is 3. The van der Waals surface area contributed by atoms with Crippen LogP contribution in [0.1, 0.15) is 43.9 Å². The molecule has 0 atom stereocenters. The van der Waals surface area contributed by atoms with Crippen molar-refractivity contribution >= 4 is 35.1 Å². The lowest BCUT2D eigenvalue weighted by molar-refractivity contribution is -0.119. The van der Waals surface area contributed by atoms with Gasteiger partial charge in [-0.05, 0) is 24.0 Å². The Morgan fingerprint density at radius 1 is 0.969 bits per heavy atom.